The highest BCUT2D eigenvalue weighted by Crippen LogP contribution is 2.29. The molecule has 0 saturated carbocycles. The molecule has 394 valence electrons. The van der Waals surface area contributed by atoms with Crippen molar-refractivity contribution in [3.63, 3.8) is 0 Å². The first kappa shape index (κ1) is 69.7. The van der Waals surface area contributed by atoms with Gasteiger partial charge in [-0.15, -0.1) is 6.58 Å². The van der Waals surface area contributed by atoms with Crippen molar-refractivity contribution in [3.05, 3.63) is 177 Å². The van der Waals surface area contributed by atoms with E-state index in [-0.39, 0.29) is 12.9 Å². The molecule has 0 amide bonds. The summed E-state index contributed by atoms with van der Waals surface area (Å²) in [4.78, 5) is 0. The van der Waals surface area contributed by atoms with Crippen LogP contribution in [0.2, 0.25) is 0 Å². The van der Waals surface area contributed by atoms with Crippen LogP contribution in [0.5, 0.6) is 11.5 Å². The summed E-state index contributed by atoms with van der Waals surface area (Å²) in [5.41, 5.74) is 16.7. The molecule has 3 heteroatoms. The van der Waals surface area contributed by atoms with Crippen molar-refractivity contribution in [1.29, 1.82) is 0 Å². The van der Waals surface area contributed by atoms with Crippen molar-refractivity contribution in [2.45, 2.75) is 192 Å². The van der Waals surface area contributed by atoms with Crippen LogP contribution >= 0.6 is 0 Å². The highest BCUT2D eigenvalue weighted by atomic mass is 16.5. The smallest absolute Gasteiger partial charge is 0.122 e. The second-order valence-corrected chi connectivity index (χ2v) is 25.1. The number of ether oxygens (including phenoxy) is 2. The molecule has 0 aromatic heterocycles. The Hall–Kier alpha value is -4.60. The van der Waals surface area contributed by atoms with Gasteiger partial charge in [0.2, 0.25) is 0 Å². The van der Waals surface area contributed by atoms with E-state index in [4.69, 9.17) is 9.47 Å². The van der Waals surface area contributed by atoms with Gasteiger partial charge < -0.3 is 14.9 Å². The van der Waals surface area contributed by atoms with Crippen LogP contribution in [0, 0.1) is 68.6 Å². The second kappa shape index (κ2) is 32.4. The van der Waals surface area contributed by atoms with E-state index in [0.717, 1.165) is 37.2 Å². The lowest BCUT2D eigenvalue weighted by molar-refractivity contribution is 0.378. The van der Waals surface area contributed by atoms with Gasteiger partial charge in [-0.25, -0.2) is 0 Å². The van der Waals surface area contributed by atoms with E-state index in [1.54, 1.807) is 20.3 Å². The summed E-state index contributed by atoms with van der Waals surface area (Å²) in [6.45, 7) is 52.0. The van der Waals surface area contributed by atoms with Crippen molar-refractivity contribution in [2.24, 2.45) is 27.1 Å². The van der Waals surface area contributed by atoms with Gasteiger partial charge in [0, 0.05) is 0 Å². The Labute approximate surface area is 434 Å². The lowest BCUT2D eigenvalue weighted by Gasteiger charge is -2.20. The SMILES string of the molecule is C.C=CC.COc1cc(C)ccc1CC(C)(C)C.COc1cc(CC(C)(C)C)ccc1C.Cc1ccc(CC(C)(C)C)c(C)c1.Cc1ccc(CC(C)(C)C)cc1.Cc1ccc(CC(C)(C)C)cc1.O. The third-order valence-corrected chi connectivity index (χ3v) is 10.3. The van der Waals surface area contributed by atoms with Crippen LogP contribution in [0.4, 0.5) is 0 Å². The molecule has 3 nitrogen and oxygen atoms in total. The van der Waals surface area contributed by atoms with E-state index < -0.39 is 0 Å². The van der Waals surface area contributed by atoms with E-state index in [1.807, 2.05) is 6.92 Å². The summed E-state index contributed by atoms with van der Waals surface area (Å²) < 4.78 is 10.7. The summed E-state index contributed by atoms with van der Waals surface area (Å²) in [6, 6.07) is 37.2. The van der Waals surface area contributed by atoms with Crippen molar-refractivity contribution in [3.8, 4) is 11.5 Å². The number of methoxy groups -OCH3 is 2. The van der Waals surface area contributed by atoms with Crippen LogP contribution in [0.15, 0.2) is 116 Å². The molecule has 0 bridgehead atoms. The van der Waals surface area contributed by atoms with Crippen LogP contribution in [0.25, 0.3) is 0 Å². The molecular formula is C67H108O3. The minimum atomic E-state index is 0. The van der Waals surface area contributed by atoms with E-state index in [0.29, 0.717) is 27.1 Å². The van der Waals surface area contributed by atoms with Gasteiger partial charge in [0.05, 0.1) is 14.2 Å². The van der Waals surface area contributed by atoms with Crippen molar-refractivity contribution >= 4 is 0 Å². The molecule has 0 aliphatic rings. The zero-order valence-corrected chi connectivity index (χ0v) is 49.0. The average molecular weight is 962 g/mol. The molecule has 0 radical (unpaired) electrons. The van der Waals surface area contributed by atoms with E-state index in [2.05, 4.69) is 255 Å². The van der Waals surface area contributed by atoms with Crippen LogP contribution in [-0.2, 0) is 32.1 Å². The number of hydrogen-bond acceptors (Lipinski definition) is 2. The Balaban J connectivity index is -0.000000785. The maximum absolute atomic E-state index is 5.37. The van der Waals surface area contributed by atoms with Gasteiger partial charge in [-0.05, 0) is 164 Å². The second-order valence-electron chi connectivity index (χ2n) is 25.1. The zero-order valence-electron chi connectivity index (χ0n) is 49.0. The molecule has 0 heterocycles. The summed E-state index contributed by atoms with van der Waals surface area (Å²) >= 11 is 0. The third-order valence-electron chi connectivity index (χ3n) is 10.3. The molecule has 0 fully saturated rings. The minimum Gasteiger partial charge on any atom is -0.496 e. The average Bonchev–Trinajstić information content (AvgIpc) is 3.18. The Bertz CT molecular complexity index is 2090. The Kier molecular flexibility index (Phi) is 32.2. The van der Waals surface area contributed by atoms with Gasteiger partial charge in [0.25, 0.3) is 0 Å². The fraction of sp³-hybridized carbons (Fsp3) is 0.522. The molecule has 5 aromatic rings. The number of aryl methyl sites for hydroxylation is 6. The molecule has 5 rings (SSSR count). The Morgan fingerprint density at radius 1 is 0.371 bits per heavy atom. The lowest BCUT2D eigenvalue weighted by atomic mass is 9.86. The van der Waals surface area contributed by atoms with Crippen LogP contribution in [-0.4, -0.2) is 19.7 Å². The molecular weight excluding hydrogens is 853 g/mol. The van der Waals surface area contributed by atoms with E-state index >= 15 is 0 Å². The molecule has 0 atom stereocenters. The lowest BCUT2D eigenvalue weighted by Crippen LogP contribution is -2.10. The van der Waals surface area contributed by atoms with Crippen LogP contribution in [0.1, 0.15) is 179 Å². The van der Waals surface area contributed by atoms with Crippen molar-refractivity contribution in [2.75, 3.05) is 14.2 Å². The monoisotopic (exact) mass is 961 g/mol. The molecule has 0 aliphatic carbocycles. The van der Waals surface area contributed by atoms with Gasteiger partial charge >= 0.3 is 0 Å². The fourth-order valence-corrected chi connectivity index (χ4v) is 7.41. The fourth-order valence-electron chi connectivity index (χ4n) is 7.41. The predicted molar refractivity (Wildman–Crippen MR) is 316 cm³/mol. The maximum atomic E-state index is 5.37. The molecule has 0 unspecified atom stereocenters. The minimum absolute atomic E-state index is 0. The normalized spacial score (nSPS) is 11.0. The van der Waals surface area contributed by atoms with Gasteiger partial charge in [-0.2, -0.15) is 0 Å². The number of hydrogen-bond donors (Lipinski definition) is 0. The summed E-state index contributed by atoms with van der Waals surface area (Å²) in [7, 11) is 3.46. The Morgan fingerprint density at radius 2 is 0.671 bits per heavy atom. The number of rotatable bonds is 7. The molecule has 0 saturated heterocycles. The van der Waals surface area contributed by atoms with Crippen LogP contribution in [0.3, 0.4) is 0 Å². The Morgan fingerprint density at radius 3 is 1.01 bits per heavy atom. The van der Waals surface area contributed by atoms with Crippen molar-refractivity contribution < 1.29 is 14.9 Å². The molecule has 0 spiro atoms. The molecule has 0 aliphatic heterocycles. The quantitative estimate of drug-likeness (QED) is 0.153. The standard InChI is InChI=1S/2C13H20O.C13H20.2C12H18.C3H6.CH4.H2O/c1-10-6-7-11(8-12(10)14-5)9-13(2,3)4;1-10-6-7-11(9-13(2,3)4)12(8-10)14-5;1-10-6-7-12(11(2)8-10)9-13(3,4)5;2*1-10-5-7-11(8-6-10)9-12(2,3)4;1-3-2;;/h2*6-8H,9H2,1-5H3;6-8H,9H2,1-5H3;2*5-8H,9H2,1-4H3;3H,1H2,2H3;1H4;1H2. The first-order valence-electron chi connectivity index (χ1n) is 25.1. The molecule has 2 N–H and O–H groups in total. The van der Waals surface area contributed by atoms with Gasteiger partial charge in [0.1, 0.15) is 11.5 Å². The number of allylic oxidation sites excluding steroid dienone is 1. The van der Waals surface area contributed by atoms with E-state index in [1.165, 1.54) is 67.6 Å². The van der Waals surface area contributed by atoms with Gasteiger partial charge in [-0.1, -0.05) is 225 Å². The summed E-state index contributed by atoms with van der Waals surface area (Å²) in [5, 5.41) is 0. The first-order chi connectivity index (χ1) is 31.1. The van der Waals surface area contributed by atoms with Gasteiger partial charge in [0.15, 0.2) is 0 Å². The molecule has 70 heavy (non-hydrogen) atoms. The van der Waals surface area contributed by atoms with Crippen molar-refractivity contribution in [1.82, 2.24) is 0 Å². The number of benzene rings is 5. The predicted octanol–water partition coefficient (Wildman–Crippen LogP) is 19.2. The largest absolute Gasteiger partial charge is 0.496 e. The summed E-state index contributed by atoms with van der Waals surface area (Å²) in [5.74, 6) is 2.01. The highest BCUT2D eigenvalue weighted by molar-refractivity contribution is 5.38. The zero-order chi connectivity index (χ0) is 52.7. The summed E-state index contributed by atoms with van der Waals surface area (Å²) in [6.07, 6.45) is 7.37. The third kappa shape index (κ3) is 35.5. The first-order valence-corrected chi connectivity index (χ1v) is 25.1. The maximum Gasteiger partial charge on any atom is 0.122 e. The van der Waals surface area contributed by atoms with Crippen LogP contribution < -0.4 is 9.47 Å². The topological polar surface area (TPSA) is 50.0 Å². The molecule has 5 aromatic carbocycles. The van der Waals surface area contributed by atoms with E-state index in [9.17, 15) is 0 Å². The highest BCUT2D eigenvalue weighted by Gasteiger charge is 2.16. The van der Waals surface area contributed by atoms with Gasteiger partial charge in [-0.3, -0.25) is 0 Å².